The normalized spacial score (nSPS) is 17.4. The lowest BCUT2D eigenvalue weighted by Gasteiger charge is -2.26. The van der Waals surface area contributed by atoms with Crippen LogP contribution in [-0.4, -0.2) is 5.91 Å². The van der Waals surface area contributed by atoms with E-state index in [2.05, 4.69) is 5.32 Å². The molecule has 1 amide bonds. The van der Waals surface area contributed by atoms with Gasteiger partial charge >= 0.3 is 6.18 Å². The number of anilines is 1. The van der Waals surface area contributed by atoms with Gasteiger partial charge in [0.2, 0.25) is 0 Å². The molecule has 1 unspecified atom stereocenters. The average Bonchev–Trinajstić information content (AvgIpc) is 3.10. The molecule has 0 bridgehead atoms. The number of carbonyl (C=O) groups is 1. The topological polar surface area (TPSA) is 32.3 Å². The molecule has 0 spiro atoms. The third kappa shape index (κ3) is 4.33. The first-order valence-electron chi connectivity index (χ1n) is 9.93. The van der Waals surface area contributed by atoms with Crippen LogP contribution in [0.4, 0.5) is 18.9 Å². The molecule has 2 atom stereocenters. The maximum absolute atomic E-state index is 13.3. The summed E-state index contributed by atoms with van der Waals surface area (Å²) in [5.41, 5.74) is 1.99. The molecule has 6 heteroatoms. The molecule has 1 aliphatic heterocycles. The Bertz CT molecular complexity index is 1080. The van der Waals surface area contributed by atoms with Gasteiger partial charge in [-0.15, -0.1) is 0 Å². The smallest absolute Gasteiger partial charge is 0.374 e. The number of halogens is 3. The second kappa shape index (κ2) is 8.30. The maximum Gasteiger partial charge on any atom is 0.416 e. The molecule has 1 N–H and O–H groups in total. The Hall–Kier alpha value is -3.54. The van der Waals surface area contributed by atoms with Crippen molar-refractivity contribution in [2.75, 3.05) is 4.90 Å². The van der Waals surface area contributed by atoms with Crippen LogP contribution in [0, 0.1) is 0 Å². The van der Waals surface area contributed by atoms with E-state index in [4.69, 9.17) is 0 Å². The molecule has 0 aromatic heterocycles. The van der Waals surface area contributed by atoms with Crippen molar-refractivity contribution in [3.8, 4) is 0 Å². The number of amides is 1. The second-order valence-corrected chi connectivity index (χ2v) is 7.43. The predicted octanol–water partition coefficient (Wildman–Crippen LogP) is 6.03. The van der Waals surface area contributed by atoms with Gasteiger partial charge in [0.1, 0.15) is 0 Å². The SMILES string of the molecule is CC(NC1=C[C@H](c2ccccc2)N(c2ccc(C(F)(F)F)cc2)C1=O)c1ccccc1. The average molecular weight is 422 g/mol. The fourth-order valence-electron chi connectivity index (χ4n) is 3.71. The van der Waals surface area contributed by atoms with Crippen LogP contribution in [0.3, 0.4) is 0 Å². The molecule has 3 aromatic rings. The third-order valence-corrected chi connectivity index (χ3v) is 5.34. The van der Waals surface area contributed by atoms with Crippen molar-refractivity contribution in [1.29, 1.82) is 0 Å². The van der Waals surface area contributed by atoms with Crippen LogP contribution in [0.2, 0.25) is 0 Å². The van der Waals surface area contributed by atoms with Crippen LogP contribution >= 0.6 is 0 Å². The number of nitrogens with one attached hydrogen (secondary N) is 1. The van der Waals surface area contributed by atoms with Gasteiger partial charge in [-0.1, -0.05) is 60.7 Å². The summed E-state index contributed by atoms with van der Waals surface area (Å²) in [6.45, 7) is 1.96. The minimum Gasteiger partial charge on any atom is -0.374 e. The third-order valence-electron chi connectivity index (χ3n) is 5.34. The number of carbonyl (C=O) groups excluding carboxylic acids is 1. The highest BCUT2D eigenvalue weighted by Gasteiger charge is 2.36. The summed E-state index contributed by atoms with van der Waals surface area (Å²) in [5.74, 6) is -0.281. The van der Waals surface area contributed by atoms with Crippen molar-refractivity contribution < 1.29 is 18.0 Å². The molecule has 4 rings (SSSR count). The summed E-state index contributed by atoms with van der Waals surface area (Å²) in [6.07, 6.45) is -2.60. The summed E-state index contributed by atoms with van der Waals surface area (Å²) >= 11 is 0. The molecule has 0 radical (unpaired) electrons. The van der Waals surface area contributed by atoms with Crippen molar-refractivity contribution in [3.05, 3.63) is 113 Å². The van der Waals surface area contributed by atoms with Gasteiger partial charge in [-0.05, 0) is 48.4 Å². The van der Waals surface area contributed by atoms with E-state index in [9.17, 15) is 18.0 Å². The summed E-state index contributed by atoms with van der Waals surface area (Å²) in [7, 11) is 0. The Morgan fingerprint density at radius 1 is 0.871 bits per heavy atom. The van der Waals surface area contributed by atoms with Gasteiger partial charge in [-0.3, -0.25) is 9.69 Å². The summed E-state index contributed by atoms with van der Waals surface area (Å²) in [4.78, 5) is 14.8. The van der Waals surface area contributed by atoms with E-state index in [0.29, 0.717) is 11.4 Å². The van der Waals surface area contributed by atoms with Gasteiger partial charge in [-0.2, -0.15) is 13.2 Å². The van der Waals surface area contributed by atoms with Crippen molar-refractivity contribution in [1.82, 2.24) is 5.32 Å². The summed E-state index contributed by atoms with van der Waals surface area (Å²) in [5, 5.41) is 3.27. The minimum absolute atomic E-state index is 0.111. The lowest BCUT2D eigenvalue weighted by molar-refractivity contribution is -0.137. The minimum atomic E-state index is -4.43. The van der Waals surface area contributed by atoms with Crippen molar-refractivity contribution in [2.45, 2.75) is 25.2 Å². The van der Waals surface area contributed by atoms with Crippen LogP contribution in [0.5, 0.6) is 0 Å². The number of alkyl halides is 3. The van der Waals surface area contributed by atoms with Crippen molar-refractivity contribution in [2.24, 2.45) is 0 Å². The molecular formula is C25H21F3N2O. The number of hydrogen-bond donors (Lipinski definition) is 1. The molecule has 0 saturated carbocycles. The number of benzene rings is 3. The van der Waals surface area contributed by atoms with Gasteiger partial charge in [0.15, 0.2) is 0 Å². The van der Waals surface area contributed by atoms with Gasteiger partial charge in [-0.25, -0.2) is 0 Å². The Balaban J connectivity index is 1.67. The zero-order chi connectivity index (χ0) is 22.0. The Morgan fingerprint density at radius 2 is 1.45 bits per heavy atom. The van der Waals surface area contributed by atoms with Gasteiger partial charge < -0.3 is 5.32 Å². The lowest BCUT2D eigenvalue weighted by atomic mass is 10.1. The molecular weight excluding hydrogens is 401 g/mol. The molecule has 1 heterocycles. The van der Waals surface area contributed by atoms with Crippen LogP contribution in [-0.2, 0) is 11.0 Å². The Kier molecular flexibility index (Phi) is 5.55. The Morgan fingerprint density at radius 3 is 2.03 bits per heavy atom. The first kappa shape index (κ1) is 20.7. The van der Waals surface area contributed by atoms with Gasteiger partial charge in [0.25, 0.3) is 5.91 Å². The van der Waals surface area contributed by atoms with Crippen molar-refractivity contribution >= 4 is 11.6 Å². The van der Waals surface area contributed by atoms with Gasteiger partial charge in [0, 0.05) is 11.7 Å². The van der Waals surface area contributed by atoms with Gasteiger partial charge in [0.05, 0.1) is 17.3 Å². The molecule has 31 heavy (non-hydrogen) atoms. The number of nitrogens with zero attached hydrogens (tertiary/aromatic N) is 1. The fraction of sp³-hybridized carbons (Fsp3) is 0.160. The van der Waals surface area contributed by atoms with Crippen LogP contribution in [0.15, 0.2) is 96.7 Å². The molecule has 1 aliphatic rings. The van der Waals surface area contributed by atoms with Crippen LogP contribution < -0.4 is 10.2 Å². The molecule has 158 valence electrons. The first-order valence-corrected chi connectivity index (χ1v) is 9.93. The fourth-order valence-corrected chi connectivity index (χ4v) is 3.71. The van der Waals surface area contributed by atoms with E-state index < -0.39 is 17.8 Å². The van der Waals surface area contributed by atoms with E-state index in [1.807, 2.05) is 73.7 Å². The largest absolute Gasteiger partial charge is 0.416 e. The summed E-state index contributed by atoms with van der Waals surface area (Å²) in [6, 6.07) is 23.3. The van der Waals surface area contributed by atoms with E-state index in [1.54, 1.807) is 0 Å². The molecule has 3 aromatic carbocycles. The summed E-state index contributed by atoms with van der Waals surface area (Å²) < 4.78 is 38.9. The van der Waals surface area contributed by atoms with Crippen LogP contribution in [0.25, 0.3) is 0 Å². The highest BCUT2D eigenvalue weighted by atomic mass is 19.4. The Labute approximate surface area is 178 Å². The molecule has 0 aliphatic carbocycles. The first-order chi connectivity index (χ1) is 14.8. The lowest BCUT2D eigenvalue weighted by Crippen LogP contribution is -2.33. The zero-order valence-electron chi connectivity index (χ0n) is 16.8. The zero-order valence-corrected chi connectivity index (χ0v) is 16.8. The van der Waals surface area contributed by atoms with E-state index >= 15 is 0 Å². The van der Waals surface area contributed by atoms with Crippen molar-refractivity contribution in [3.63, 3.8) is 0 Å². The van der Waals surface area contributed by atoms with Crippen LogP contribution in [0.1, 0.15) is 35.7 Å². The standard InChI is InChI=1S/C25H21F3N2O/c1-17(18-8-4-2-5-9-18)29-22-16-23(19-10-6-3-7-11-19)30(24(22)31)21-14-12-20(13-15-21)25(26,27)28/h2-17,23,29H,1H3/t17?,23-/m1/s1. The molecule has 0 fully saturated rings. The monoisotopic (exact) mass is 422 g/mol. The number of rotatable bonds is 5. The van der Waals surface area contributed by atoms with E-state index in [1.165, 1.54) is 17.0 Å². The quantitative estimate of drug-likeness (QED) is 0.545. The molecule has 0 saturated heterocycles. The molecule has 3 nitrogen and oxygen atoms in total. The van der Waals surface area contributed by atoms with E-state index in [0.717, 1.165) is 23.3 Å². The predicted molar refractivity (Wildman–Crippen MR) is 114 cm³/mol. The maximum atomic E-state index is 13.3. The van der Waals surface area contributed by atoms with E-state index in [-0.39, 0.29) is 11.9 Å². The highest BCUT2D eigenvalue weighted by molar-refractivity contribution is 6.08. The second-order valence-electron chi connectivity index (χ2n) is 7.43. The highest BCUT2D eigenvalue weighted by Crippen LogP contribution is 2.37. The number of hydrogen-bond acceptors (Lipinski definition) is 2.